The molecule has 14 nitrogen and oxygen atoms in total. The number of nitrogens with one attached hydrogen (secondary N) is 2. The molecule has 2 N–H and O–H groups in total. The molecule has 4 amide bonds. The number of amides is 4. The Balaban J connectivity index is 0.802. The van der Waals surface area contributed by atoms with E-state index in [1.165, 1.54) is 36.8 Å². The van der Waals surface area contributed by atoms with E-state index in [2.05, 4.69) is 69.8 Å². The van der Waals surface area contributed by atoms with Crippen LogP contribution in [0.3, 0.4) is 0 Å². The zero-order chi connectivity index (χ0) is 47.6. The van der Waals surface area contributed by atoms with Crippen LogP contribution in [0, 0.1) is 23.7 Å². The first-order valence-electron chi connectivity index (χ1n) is 24.8. The molecule has 7 heterocycles. The molecule has 3 saturated carbocycles. The number of allylic oxidation sites excluding steroid dienone is 2. The minimum atomic E-state index is -0.674. The van der Waals surface area contributed by atoms with Crippen LogP contribution in [0.5, 0.6) is 5.75 Å². The van der Waals surface area contributed by atoms with E-state index in [4.69, 9.17) is 24.2 Å². The molecule has 3 aliphatic carbocycles. The number of aromatic nitrogens is 1. The van der Waals surface area contributed by atoms with Crippen LogP contribution in [-0.2, 0) is 19.1 Å². The number of aliphatic imine (C=N–C) groups is 2. The fraction of sp³-hybridized carbons (Fsp3) is 0.481. The van der Waals surface area contributed by atoms with Crippen LogP contribution in [-0.4, -0.2) is 100 Å². The first-order valence-corrected chi connectivity index (χ1v) is 25.6. The third-order valence-electron chi connectivity index (χ3n) is 16.0. The number of hydrogen-bond donors (Lipinski definition) is 2. The molecular weight excluding hydrogens is 891 g/mol. The molecule has 0 bridgehead atoms. The number of benzene rings is 2. The number of piperidine rings is 2. The van der Waals surface area contributed by atoms with Crippen molar-refractivity contribution in [2.45, 2.75) is 127 Å². The van der Waals surface area contributed by atoms with E-state index in [-0.39, 0.29) is 54.0 Å². The molecule has 2 aromatic carbocycles. The Labute approximate surface area is 405 Å². The smallest absolute Gasteiger partial charge is 0.407 e. The molecule has 9 atom stereocenters. The molecule has 69 heavy (non-hydrogen) atoms. The first kappa shape index (κ1) is 44.0. The van der Waals surface area contributed by atoms with Gasteiger partial charge in [-0.25, -0.2) is 9.59 Å². The van der Waals surface area contributed by atoms with Crippen molar-refractivity contribution in [2.24, 2.45) is 33.7 Å². The number of carbonyl (C=O) groups is 4. The van der Waals surface area contributed by atoms with Crippen molar-refractivity contribution in [3.05, 3.63) is 87.9 Å². The second-order valence-corrected chi connectivity index (χ2v) is 22.3. The van der Waals surface area contributed by atoms with Gasteiger partial charge in [0.05, 0.1) is 42.4 Å². The Morgan fingerprint density at radius 2 is 1.25 bits per heavy atom. The molecule has 5 aliphatic heterocycles. The van der Waals surface area contributed by atoms with Crippen LogP contribution in [0.25, 0.3) is 33.3 Å². The number of alkyl carbamates (subject to hydrolysis) is 2. The quantitative estimate of drug-likeness (QED) is 0.143. The maximum atomic E-state index is 14.1. The van der Waals surface area contributed by atoms with Gasteiger partial charge in [0.1, 0.15) is 17.8 Å². The Bertz CT molecular complexity index is 2960. The lowest BCUT2D eigenvalue weighted by Crippen LogP contribution is -2.54. The molecule has 5 fully saturated rings. The molecule has 0 radical (unpaired) electrons. The van der Waals surface area contributed by atoms with Gasteiger partial charge in [-0.15, -0.1) is 11.3 Å². The second-order valence-electron chi connectivity index (χ2n) is 21.1. The highest BCUT2D eigenvalue weighted by molar-refractivity contribution is 7.12. The maximum Gasteiger partial charge on any atom is 0.407 e. The molecule has 15 heteroatoms. The minimum absolute atomic E-state index is 0.0628. The zero-order valence-corrected chi connectivity index (χ0v) is 40.8. The maximum absolute atomic E-state index is 14.1. The summed E-state index contributed by atoms with van der Waals surface area (Å²) < 4.78 is 19.2. The van der Waals surface area contributed by atoms with Gasteiger partial charge in [-0.05, 0) is 133 Å². The Hall–Kier alpha value is -6.22. The topological polar surface area (TPSA) is 156 Å². The number of fused-ring (bicyclic) bond motifs is 7. The Morgan fingerprint density at radius 3 is 1.80 bits per heavy atom. The summed E-state index contributed by atoms with van der Waals surface area (Å²) in [6.07, 6.45) is 9.88. The van der Waals surface area contributed by atoms with Crippen molar-refractivity contribution < 1.29 is 33.4 Å². The van der Waals surface area contributed by atoms with Crippen LogP contribution < -0.4 is 15.4 Å². The van der Waals surface area contributed by atoms with Crippen LogP contribution in [0.4, 0.5) is 9.59 Å². The molecule has 358 valence electrons. The van der Waals surface area contributed by atoms with Gasteiger partial charge < -0.3 is 34.6 Å². The number of rotatable bonds is 12. The van der Waals surface area contributed by atoms with E-state index in [1.54, 1.807) is 0 Å². The van der Waals surface area contributed by atoms with E-state index in [1.807, 2.05) is 61.2 Å². The van der Waals surface area contributed by atoms with Crippen molar-refractivity contribution in [3.8, 4) is 17.0 Å². The van der Waals surface area contributed by atoms with Gasteiger partial charge in [0, 0.05) is 64.6 Å². The number of ether oxygens (including phenoxy) is 3. The monoisotopic (exact) mass is 949 g/mol. The van der Waals surface area contributed by atoms with Crippen LogP contribution in [0.2, 0.25) is 0 Å². The molecule has 2 saturated heterocycles. The lowest BCUT2D eigenvalue weighted by Gasteiger charge is -2.33. The standard InChI is InChI=1S/C54H59N7O7S/c1-26(2)48(57-53(64)66-5)50(62)59-40-18-32(40)21-43(59)37-16-34(24-55-37)29-10-12-39-31(15-29)20-42-36-11-9-30(23-45(36)68-52(61(39)42)47-14-13-46(69-47)28-7-8-28)35-17-38(56-25-35)44-22-33-19-41(33)60(44)51(63)49(27(3)4)58-54(65)67-6/h9-15,20,23-28,32-33,40-41,43-44,48-49,52H,7-8,16-19,21-22H2,1-6H3,(H,57,64)(H,58,65)/t32-,33-,40-,41-,43+,44+,48+,49+,52?/m1/s1. The van der Waals surface area contributed by atoms with E-state index in [0.717, 1.165) is 87.3 Å². The van der Waals surface area contributed by atoms with E-state index < -0.39 is 24.3 Å². The number of likely N-dealkylation sites (tertiary alicyclic amines) is 2. The predicted molar refractivity (Wildman–Crippen MR) is 265 cm³/mol. The van der Waals surface area contributed by atoms with Crippen molar-refractivity contribution in [1.82, 2.24) is 25.0 Å². The first-order chi connectivity index (χ1) is 33.4. The summed E-state index contributed by atoms with van der Waals surface area (Å²) >= 11 is 1.85. The van der Waals surface area contributed by atoms with Gasteiger partial charge in [0.2, 0.25) is 18.0 Å². The highest BCUT2D eigenvalue weighted by Crippen LogP contribution is 2.53. The Kier molecular flexibility index (Phi) is 10.7. The molecular formula is C54H59N7O7S. The summed E-state index contributed by atoms with van der Waals surface area (Å²) in [4.78, 5) is 69.2. The SMILES string of the molecule is COC(=O)N[C@H](C(=O)N1[C@@H]2C[C@@H]2C[C@H]1C1=NC=C(c2ccc3c(c2)OC(c2ccc(C4CC4)s2)n2c-3cc3cc(C4=CN=C([C@@H]5C[C@H]6C[C@H]6N5C(=O)[C@@H](NC(=O)OC)C(C)C)C4)ccc32)C1)C(C)C. The van der Waals surface area contributed by atoms with Crippen molar-refractivity contribution in [2.75, 3.05) is 14.2 Å². The molecule has 4 aromatic rings. The lowest BCUT2D eigenvalue weighted by molar-refractivity contribution is -0.136. The zero-order valence-electron chi connectivity index (χ0n) is 39.9. The highest BCUT2D eigenvalue weighted by Gasteiger charge is 2.58. The summed E-state index contributed by atoms with van der Waals surface area (Å²) in [6.45, 7) is 7.78. The van der Waals surface area contributed by atoms with Gasteiger partial charge in [-0.2, -0.15) is 0 Å². The predicted octanol–water partition coefficient (Wildman–Crippen LogP) is 9.30. The average molecular weight is 950 g/mol. The number of thiophene rings is 1. The van der Waals surface area contributed by atoms with Gasteiger partial charge in [0.25, 0.3) is 0 Å². The van der Waals surface area contributed by atoms with Gasteiger partial charge in [0.15, 0.2) is 0 Å². The van der Waals surface area contributed by atoms with Crippen molar-refractivity contribution >= 4 is 68.8 Å². The normalized spacial score (nSPS) is 26.8. The van der Waals surface area contributed by atoms with Gasteiger partial charge >= 0.3 is 12.2 Å². The van der Waals surface area contributed by atoms with Crippen LogP contribution >= 0.6 is 11.3 Å². The summed E-state index contributed by atoms with van der Waals surface area (Å²) in [5.74, 6) is 2.05. The van der Waals surface area contributed by atoms with Gasteiger partial charge in [-0.1, -0.05) is 39.8 Å². The third-order valence-corrected chi connectivity index (χ3v) is 17.2. The third kappa shape index (κ3) is 7.66. The second kappa shape index (κ2) is 16.7. The van der Waals surface area contributed by atoms with Crippen molar-refractivity contribution in [3.63, 3.8) is 0 Å². The average Bonchev–Trinajstić information content (AvgIpc) is 4.15. The highest BCUT2D eigenvalue weighted by atomic mass is 32.1. The largest absolute Gasteiger partial charge is 0.464 e. The fourth-order valence-corrected chi connectivity index (χ4v) is 13.1. The van der Waals surface area contributed by atoms with Gasteiger partial charge in [-0.3, -0.25) is 24.1 Å². The van der Waals surface area contributed by atoms with E-state index in [0.29, 0.717) is 30.6 Å². The van der Waals surface area contributed by atoms with Crippen molar-refractivity contribution in [1.29, 1.82) is 0 Å². The van der Waals surface area contributed by atoms with Crippen LogP contribution in [0.15, 0.2) is 77.0 Å². The summed E-state index contributed by atoms with van der Waals surface area (Å²) in [6, 6.07) is 18.8. The lowest BCUT2D eigenvalue weighted by atomic mass is 9.95. The number of methoxy groups -OCH3 is 2. The number of nitrogens with zero attached hydrogens (tertiary/aromatic N) is 5. The molecule has 1 unspecified atom stereocenters. The molecule has 8 aliphatic rings. The van der Waals surface area contributed by atoms with E-state index >= 15 is 0 Å². The molecule has 0 spiro atoms. The van der Waals surface area contributed by atoms with E-state index in [9.17, 15) is 19.2 Å². The van der Waals surface area contributed by atoms with Crippen LogP contribution in [0.1, 0.15) is 112 Å². The fourth-order valence-electron chi connectivity index (χ4n) is 11.9. The number of carbonyl (C=O) groups excluding carboxylic acids is 4. The molecule has 12 rings (SSSR count). The summed E-state index contributed by atoms with van der Waals surface area (Å²) in [7, 11) is 2.64. The minimum Gasteiger partial charge on any atom is -0.464 e. The number of hydrogen-bond acceptors (Lipinski definition) is 10. The Morgan fingerprint density at radius 1 is 0.696 bits per heavy atom. The summed E-state index contributed by atoms with van der Waals surface area (Å²) in [5, 5.41) is 6.70. The molecule has 2 aromatic heterocycles. The summed E-state index contributed by atoms with van der Waals surface area (Å²) in [5.41, 5.74) is 9.53.